The van der Waals surface area contributed by atoms with Crippen molar-refractivity contribution in [1.29, 1.82) is 0 Å². The van der Waals surface area contributed by atoms with Crippen molar-refractivity contribution in [2.24, 2.45) is 0 Å². The molecule has 0 saturated carbocycles. The summed E-state index contributed by atoms with van der Waals surface area (Å²) < 4.78 is 11.3. The maximum atomic E-state index is 13.1. The molecule has 0 spiro atoms. The van der Waals surface area contributed by atoms with Crippen LogP contribution < -0.4 is 5.32 Å². The molecule has 0 aromatic heterocycles. The molecule has 0 bridgehead atoms. The van der Waals surface area contributed by atoms with Gasteiger partial charge in [0.2, 0.25) is 5.91 Å². The highest BCUT2D eigenvalue weighted by atomic mass is 16.7. The normalized spacial score (nSPS) is 19.3. The van der Waals surface area contributed by atoms with Crippen LogP contribution in [0.25, 0.3) is 0 Å². The highest BCUT2D eigenvalue weighted by Gasteiger charge is 2.44. The van der Waals surface area contributed by atoms with Crippen LogP contribution in [0.3, 0.4) is 0 Å². The van der Waals surface area contributed by atoms with E-state index < -0.39 is 49.5 Å². The summed E-state index contributed by atoms with van der Waals surface area (Å²) in [4.78, 5) is 13.1. The van der Waals surface area contributed by atoms with Crippen LogP contribution >= 0.6 is 0 Å². The number of hydrogen-bond donors (Lipinski definition) is 6. The van der Waals surface area contributed by atoms with Crippen molar-refractivity contribution in [3.63, 3.8) is 0 Å². The summed E-state index contributed by atoms with van der Waals surface area (Å²) in [6.07, 6.45) is 57.2. The molecule has 1 rings (SSSR count). The fraction of sp³-hybridized carbons (Fsp3) is 0.951. The summed E-state index contributed by atoms with van der Waals surface area (Å²) in [5, 5.41) is 54.6. The van der Waals surface area contributed by atoms with Crippen molar-refractivity contribution in [3.05, 3.63) is 12.2 Å². The van der Waals surface area contributed by atoms with E-state index in [4.69, 9.17) is 9.47 Å². The molecule has 416 valence electrons. The van der Waals surface area contributed by atoms with Crippen molar-refractivity contribution >= 4 is 5.91 Å². The van der Waals surface area contributed by atoms with Gasteiger partial charge in [-0.3, -0.25) is 4.79 Å². The molecular formula is C61H119NO8. The monoisotopic (exact) mass is 994 g/mol. The number of carbonyl (C=O) groups excluding carboxylic acids is 1. The zero-order chi connectivity index (χ0) is 50.8. The zero-order valence-electron chi connectivity index (χ0n) is 46.3. The lowest BCUT2D eigenvalue weighted by molar-refractivity contribution is -0.302. The Labute approximate surface area is 433 Å². The van der Waals surface area contributed by atoms with Crippen LogP contribution in [0.4, 0.5) is 0 Å². The van der Waals surface area contributed by atoms with Crippen LogP contribution in [-0.2, 0) is 14.3 Å². The second-order valence-electron chi connectivity index (χ2n) is 21.9. The Kier molecular flexibility index (Phi) is 49.2. The summed E-state index contributed by atoms with van der Waals surface area (Å²) in [6, 6.07) is -0.801. The fourth-order valence-corrected chi connectivity index (χ4v) is 10.2. The smallest absolute Gasteiger partial charge is 0.220 e. The molecule has 0 aromatic carbocycles. The van der Waals surface area contributed by atoms with Gasteiger partial charge in [0, 0.05) is 6.42 Å². The molecule has 1 aliphatic rings. The number of unbranched alkanes of at least 4 members (excludes halogenated alkanes) is 44. The van der Waals surface area contributed by atoms with Crippen molar-refractivity contribution in [1.82, 2.24) is 5.32 Å². The van der Waals surface area contributed by atoms with Gasteiger partial charge in [-0.2, -0.15) is 0 Å². The van der Waals surface area contributed by atoms with Gasteiger partial charge in [0.15, 0.2) is 6.29 Å². The van der Waals surface area contributed by atoms with Gasteiger partial charge in [-0.05, 0) is 19.3 Å². The highest BCUT2D eigenvalue weighted by Crippen LogP contribution is 2.23. The second-order valence-corrected chi connectivity index (χ2v) is 21.9. The third kappa shape index (κ3) is 40.3. The number of allylic oxidation sites excluding steroid dienone is 1. The van der Waals surface area contributed by atoms with E-state index in [1.54, 1.807) is 6.08 Å². The Morgan fingerprint density at radius 2 is 0.786 bits per heavy atom. The van der Waals surface area contributed by atoms with E-state index in [9.17, 15) is 30.3 Å². The Hall–Kier alpha value is -1.07. The van der Waals surface area contributed by atoms with Gasteiger partial charge in [0.1, 0.15) is 24.4 Å². The predicted molar refractivity (Wildman–Crippen MR) is 295 cm³/mol. The topological polar surface area (TPSA) is 149 Å². The summed E-state index contributed by atoms with van der Waals surface area (Å²) in [7, 11) is 0. The van der Waals surface area contributed by atoms with Crippen molar-refractivity contribution in [2.45, 2.75) is 358 Å². The fourth-order valence-electron chi connectivity index (χ4n) is 10.2. The number of rotatable bonds is 54. The number of nitrogens with one attached hydrogen (secondary N) is 1. The van der Waals surface area contributed by atoms with Gasteiger partial charge < -0.3 is 40.3 Å². The lowest BCUT2D eigenvalue weighted by atomic mass is 9.99. The average molecular weight is 995 g/mol. The molecule has 9 heteroatoms. The minimum absolute atomic E-state index is 0.170. The van der Waals surface area contributed by atoms with E-state index in [1.165, 1.54) is 257 Å². The molecule has 1 heterocycles. The maximum Gasteiger partial charge on any atom is 0.220 e. The standard InChI is InChI=1S/C61H119NO8/c1-3-5-7-9-11-13-15-17-19-21-23-24-25-26-27-28-29-30-31-32-33-34-36-38-40-42-44-46-48-50-55(64)54(53-69-61-60(68)59(67)58(66)56(52-63)70-61)62-57(65)51-49-47-45-43-41-39-37-35-22-20-18-16-14-12-10-8-6-4-2/h48,50,54-56,58-61,63-64,66-68H,3-47,49,51-53H2,1-2H3,(H,62,65)/b50-48+. The number of ether oxygens (including phenoxy) is 2. The summed E-state index contributed by atoms with van der Waals surface area (Å²) in [6.45, 7) is 3.83. The predicted octanol–water partition coefficient (Wildman–Crippen LogP) is 15.6. The number of aliphatic hydroxyl groups excluding tert-OH is 5. The first kappa shape index (κ1) is 66.9. The molecule has 6 N–H and O–H groups in total. The molecule has 9 nitrogen and oxygen atoms in total. The van der Waals surface area contributed by atoms with Gasteiger partial charge in [-0.15, -0.1) is 0 Å². The minimum atomic E-state index is -1.56. The van der Waals surface area contributed by atoms with Crippen molar-refractivity contribution in [2.75, 3.05) is 13.2 Å². The van der Waals surface area contributed by atoms with Crippen LogP contribution in [-0.4, -0.2) is 87.5 Å². The van der Waals surface area contributed by atoms with Gasteiger partial charge in [0.25, 0.3) is 0 Å². The van der Waals surface area contributed by atoms with E-state index in [0.29, 0.717) is 6.42 Å². The first-order valence-corrected chi connectivity index (χ1v) is 30.9. The lowest BCUT2D eigenvalue weighted by Gasteiger charge is -2.40. The van der Waals surface area contributed by atoms with E-state index in [0.717, 1.165) is 38.5 Å². The molecule has 1 aliphatic heterocycles. The Balaban J connectivity index is 2.16. The first-order chi connectivity index (χ1) is 34.3. The summed E-state index contributed by atoms with van der Waals surface area (Å²) in [5.74, 6) is -0.170. The largest absolute Gasteiger partial charge is 0.394 e. The Morgan fingerprint density at radius 1 is 0.471 bits per heavy atom. The van der Waals surface area contributed by atoms with Crippen LogP contribution in [0.2, 0.25) is 0 Å². The van der Waals surface area contributed by atoms with Gasteiger partial charge in [-0.1, -0.05) is 302 Å². The number of carbonyl (C=O) groups is 1. The molecule has 0 aromatic rings. The van der Waals surface area contributed by atoms with E-state index >= 15 is 0 Å². The van der Waals surface area contributed by atoms with Crippen molar-refractivity contribution < 1.29 is 39.8 Å². The van der Waals surface area contributed by atoms with Gasteiger partial charge in [-0.25, -0.2) is 0 Å². The maximum absolute atomic E-state index is 13.1. The Bertz CT molecular complexity index is 1110. The number of hydrogen-bond acceptors (Lipinski definition) is 8. The third-order valence-corrected chi connectivity index (χ3v) is 15.1. The van der Waals surface area contributed by atoms with Crippen molar-refractivity contribution in [3.8, 4) is 0 Å². The first-order valence-electron chi connectivity index (χ1n) is 30.9. The molecule has 7 atom stereocenters. The molecule has 70 heavy (non-hydrogen) atoms. The van der Waals surface area contributed by atoms with Crippen LogP contribution in [0.1, 0.15) is 316 Å². The van der Waals surface area contributed by atoms with E-state index in [2.05, 4.69) is 19.2 Å². The molecule has 1 fully saturated rings. The van der Waals surface area contributed by atoms with E-state index in [1.807, 2.05) is 6.08 Å². The third-order valence-electron chi connectivity index (χ3n) is 15.1. The second kappa shape index (κ2) is 51.4. The van der Waals surface area contributed by atoms with Crippen LogP contribution in [0, 0.1) is 0 Å². The van der Waals surface area contributed by atoms with Gasteiger partial charge in [0.05, 0.1) is 25.4 Å². The summed E-state index contributed by atoms with van der Waals surface area (Å²) in [5.41, 5.74) is 0. The quantitative estimate of drug-likeness (QED) is 0.0261. The molecule has 1 saturated heterocycles. The SMILES string of the molecule is CCCCCCCCCCCCCCCCCCCCCCCCCCCCC/C=C/C(O)C(COC1OC(CO)C(O)C(O)C1O)NC(=O)CCCCCCCCCCCCCCCCCCCC. The van der Waals surface area contributed by atoms with Crippen LogP contribution in [0.15, 0.2) is 12.2 Å². The zero-order valence-corrected chi connectivity index (χ0v) is 46.3. The molecule has 7 unspecified atom stereocenters. The van der Waals surface area contributed by atoms with Crippen LogP contribution in [0.5, 0.6) is 0 Å². The number of aliphatic hydroxyl groups is 5. The molecule has 1 amide bonds. The molecule has 0 aliphatic carbocycles. The minimum Gasteiger partial charge on any atom is -0.394 e. The summed E-state index contributed by atoms with van der Waals surface area (Å²) >= 11 is 0. The van der Waals surface area contributed by atoms with E-state index in [-0.39, 0.29) is 12.5 Å². The number of amides is 1. The highest BCUT2D eigenvalue weighted by molar-refractivity contribution is 5.76. The lowest BCUT2D eigenvalue weighted by Crippen LogP contribution is -2.60. The Morgan fingerprint density at radius 3 is 1.11 bits per heavy atom. The molecule has 0 radical (unpaired) electrons. The average Bonchev–Trinajstić information content (AvgIpc) is 3.36. The molecular weight excluding hydrogens is 875 g/mol. The van der Waals surface area contributed by atoms with Gasteiger partial charge >= 0.3 is 0 Å².